The van der Waals surface area contributed by atoms with Crippen LogP contribution in [0.4, 0.5) is 4.39 Å². The van der Waals surface area contributed by atoms with E-state index in [9.17, 15) is 4.39 Å². The van der Waals surface area contributed by atoms with Gasteiger partial charge in [0.05, 0.1) is 75.9 Å². The van der Waals surface area contributed by atoms with E-state index in [1.165, 1.54) is 57.7 Å². The first-order chi connectivity index (χ1) is 64.2. The number of imidazole rings is 1. The van der Waals surface area contributed by atoms with Gasteiger partial charge in [-0.3, -0.25) is 9.78 Å². The highest BCUT2D eigenvalue weighted by Gasteiger charge is 2.35. The second-order valence-electron chi connectivity index (χ2n) is 60.9. The molecule has 0 unspecified atom stereocenters. The zero-order valence-electron chi connectivity index (χ0n) is 105. The van der Waals surface area contributed by atoms with Gasteiger partial charge >= 0.3 is 0 Å². The summed E-state index contributed by atoms with van der Waals surface area (Å²) in [6, 6.07) is 6.27. The SMILES string of the molecule is CC(C)(C)c1ccc(C(C)(C)C)o1.CC(C)(C)c1ccn(C(C)(C)C)n1.CC(C)(C)c1cn[nH]c1.CC(C)(C)c1cnc(C(C)(C)C)[nH]1.CC(C)(C)c1cnc(C(C)(C)C)o1.CC(C)(C)c1cnc(C(C)(C)C)s1.CC(C)(C)c1coc(C(C)(C)C)n1.CC(C)(C)c1csc(C(C)(C)C)n1.CC(C)(C)c1nc(C(C)(C)C)c(Br)s1.CC(C)(C)c1nc(C(C)(C)C)c(Cl)s1.CC(C)(C)c1nc(C(C)(C)C)c(F)s1.CC(C)C. The van der Waals surface area contributed by atoms with Crippen molar-refractivity contribution < 1.29 is 17.6 Å². The molecule has 24 heteroatoms. The smallest absolute Gasteiger partial charge is 0.200 e. The molecule has 11 heterocycles. The minimum absolute atomic E-state index is 0.00347. The second kappa shape index (κ2) is 51.9. The molecule has 2 N–H and O–H groups in total. The summed E-state index contributed by atoms with van der Waals surface area (Å²) in [5.74, 6) is 6.62. The van der Waals surface area contributed by atoms with Crippen LogP contribution in [0.1, 0.15) is 567 Å². The molecule has 11 aromatic heterocycles. The van der Waals surface area contributed by atoms with E-state index in [2.05, 4.69) is 537 Å². The Bertz CT molecular complexity index is 4620. The zero-order chi connectivity index (χ0) is 116. The van der Waals surface area contributed by atoms with Gasteiger partial charge in [-0.15, -0.1) is 45.3 Å². The molecule has 0 radical (unpaired) electrons. The van der Waals surface area contributed by atoms with Crippen LogP contribution in [0.5, 0.6) is 0 Å². The Labute approximate surface area is 926 Å². The van der Waals surface area contributed by atoms with Crippen LogP contribution in [0.2, 0.25) is 4.34 Å². The third-order valence-electron chi connectivity index (χ3n) is 21.0. The Morgan fingerprint density at radius 1 is 0.342 bits per heavy atom. The van der Waals surface area contributed by atoms with Gasteiger partial charge in [-0.25, -0.2) is 39.9 Å². The molecule has 16 nitrogen and oxygen atoms in total. The first-order valence-electron chi connectivity index (χ1n) is 52.3. The highest BCUT2D eigenvalue weighted by atomic mass is 79.9. The summed E-state index contributed by atoms with van der Waals surface area (Å²) < 4.78 is 34.6. The summed E-state index contributed by atoms with van der Waals surface area (Å²) in [5, 5.41) is 18.9. The molecule has 0 bridgehead atoms. The van der Waals surface area contributed by atoms with Crippen molar-refractivity contribution in [1.82, 2.24) is 64.8 Å². The van der Waals surface area contributed by atoms with Crippen LogP contribution in [-0.4, -0.2) is 64.8 Å². The van der Waals surface area contributed by atoms with Crippen molar-refractivity contribution in [3.05, 3.63) is 190 Å². The van der Waals surface area contributed by atoms with E-state index >= 15 is 0 Å². The van der Waals surface area contributed by atoms with E-state index in [0.29, 0.717) is 5.69 Å². The highest BCUT2D eigenvalue weighted by Crippen LogP contribution is 2.43. The topological polar surface area (TPSA) is 205 Å². The van der Waals surface area contributed by atoms with E-state index in [0.717, 1.165) is 72.2 Å². The number of aromatic amines is 2. The number of nitrogens with one attached hydrogen (secondary N) is 2. The predicted molar refractivity (Wildman–Crippen MR) is 644 cm³/mol. The van der Waals surface area contributed by atoms with E-state index < -0.39 is 0 Å². The standard InChI is InChI=1S/C12H20O.C11H18BrNS.C11H18ClNS.C11H18FNS.2C11H20N2.2C11H19NO.2C11H19NS.C7H12N2.C4H10/c1-11(2,3)9-7-8-10(13-9)12(4,5)6;3*1-10(2,3)7-8(12)14-9(13-7)11(4,5)6;1-10(2,3)8-7-12-9(13-8)11(4,5)6;1-10(2,3)9-7-8-13(12-9)11(4,5)6;1-10(2,3)8-7-13-9(12-8)11(4,5)6;1-10(2,3)8-7-12-9(13-8)11(4,5)6;1-10(2,3)8-7-13-9(12-8)11(4,5)6;1-10(2,3)8-7-12-9(13-8)11(4,5)6;1-7(2,3)6-4-8-9-5-6;1-4(2)3/h7-8H,1-6H3;3*1-6H3;7H,1-6H3,(H,12,13);7-8H,1-6H3;4*7H,1-6H3;4-5H,1-3H3,(H,8,9);4H,1-3H3. The summed E-state index contributed by atoms with van der Waals surface area (Å²) in [4.78, 5) is 40.8. The highest BCUT2D eigenvalue weighted by molar-refractivity contribution is 9.11. The minimum Gasteiger partial charge on any atom is -0.465 e. The quantitative estimate of drug-likeness (QED) is 0.145. The van der Waals surface area contributed by atoms with Crippen LogP contribution in [0.15, 0.2) is 84.1 Å². The molecule has 0 aliphatic rings. The van der Waals surface area contributed by atoms with Crippen molar-refractivity contribution in [3.63, 3.8) is 0 Å². The maximum Gasteiger partial charge on any atom is 0.200 e. The molecule has 0 aliphatic heterocycles. The summed E-state index contributed by atoms with van der Waals surface area (Å²) in [6.45, 7) is 142. The number of H-pyrrole nitrogens is 2. The first kappa shape index (κ1) is 140. The van der Waals surface area contributed by atoms with Gasteiger partial charge in [-0.2, -0.15) is 14.6 Å². The molecule has 0 saturated heterocycles. The largest absolute Gasteiger partial charge is 0.465 e. The number of halogens is 3. The van der Waals surface area contributed by atoms with Gasteiger partial charge in [0.1, 0.15) is 38.7 Å². The van der Waals surface area contributed by atoms with E-state index in [1.54, 1.807) is 40.3 Å². The van der Waals surface area contributed by atoms with E-state index in [-0.39, 0.29) is 119 Å². The molecule has 0 amide bonds. The third kappa shape index (κ3) is 50.8. The van der Waals surface area contributed by atoms with Crippen molar-refractivity contribution in [2.75, 3.05) is 0 Å². The maximum absolute atomic E-state index is 13.6. The number of rotatable bonds is 0. The molecule has 11 rings (SSSR count). The average molecular weight is 2200 g/mol. The lowest BCUT2D eigenvalue weighted by Crippen LogP contribution is -2.23. The van der Waals surface area contributed by atoms with Gasteiger partial charge < -0.3 is 18.2 Å². The Hall–Kier alpha value is -5.82. The maximum atomic E-state index is 13.6. The fraction of sp³-hybridized carbons (Fsp3) is 0.721. The molecule has 0 saturated carbocycles. The Kier molecular flexibility index (Phi) is 49.9. The van der Waals surface area contributed by atoms with Crippen LogP contribution in [0.25, 0.3) is 0 Å². The lowest BCUT2D eigenvalue weighted by Gasteiger charge is -2.20. The number of oxazole rings is 2. The molecule has 0 aliphatic carbocycles. The van der Waals surface area contributed by atoms with Crippen molar-refractivity contribution in [2.45, 2.75) is 571 Å². The molecule has 0 spiro atoms. The Balaban J connectivity index is 0.00000158. The van der Waals surface area contributed by atoms with Crippen LogP contribution >= 0.6 is 84.2 Å². The number of hydrogen-bond donors (Lipinski definition) is 2. The molecule has 0 aromatic carbocycles. The zero-order valence-corrected chi connectivity index (χ0v) is 112. The fourth-order valence-electron chi connectivity index (χ4n) is 11.1. The van der Waals surface area contributed by atoms with Crippen molar-refractivity contribution in [3.8, 4) is 0 Å². The van der Waals surface area contributed by atoms with Crippen molar-refractivity contribution in [1.29, 1.82) is 0 Å². The van der Waals surface area contributed by atoms with Gasteiger partial charge in [0.25, 0.3) is 0 Å². The molecule has 11 aromatic rings. The summed E-state index contributed by atoms with van der Waals surface area (Å²) >= 11 is 17.9. The summed E-state index contributed by atoms with van der Waals surface area (Å²) in [6.07, 6.45) is 13.4. The van der Waals surface area contributed by atoms with Crippen LogP contribution in [0, 0.1) is 11.0 Å². The monoisotopic (exact) mass is 2200 g/mol. The van der Waals surface area contributed by atoms with Crippen molar-refractivity contribution >= 4 is 84.2 Å². The minimum atomic E-state index is -0.204. The number of nitrogens with zero attached hydrogens (tertiary/aromatic N) is 11. The first-order valence-corrected chi connectivity index (χ1v) is 57.6. The lowest BCUT2D eigenvalue weighted by atomic mass is 9.90. The molecular formula is C122H212BrClFN13O3S5. The molecule has 0 fully saturated rings. The van der Waals surface area contributed by atoms with E-state index in [1.807, 2.05) is 67.8 Å². The van der Waals surface area contributed by atoms with Gasteiger partial charge in [-0.1, -0.05) is 459 Å². The van der Waals surface area contributed by atoms with Crippen LogP contribution in [0.3, 0.4) is 0 Å². The van der Waals surface area contributed by atoms with Gasteiger partial charge in [0.15, 0.2) is 16.9 Å². The Morgan fingerprint density at radius 2 is 0.747 bits per heavy atom. The van der Waals surface area contributed by atoms with E-state index in [4.69, 9.17) is 29.8 Å². The Morgan fingerprint density at radius 3 is 0.959 bits per heavy atom. The third-order valence-corrected chi connectivity index (χ3v) is 29.2. The number of hydrogen-bond acceptors (Lipinski definition) is 18. The number of thiazole rings is 5. The van der Waals surface area contributed by atoms with Gasteiger partial charge in [0.2, 0.25) is 0 Å². The molecule has 146 heavy (non-hydrogen) atoms. The predicted octanol–water partition coefficient (Wildman–Crippen LogP) is 40.0. The normalized spacial score (nSPS) is 13.2. The van der Waals surface area contributed by atoms with Gasteiger partial charge in [-0.05, 0) is 77.2 Å². The van der Waals surface area contributed by atoms with Gasteiger partial charge in [0, 0.05) is 138 Å². The lowest BCUT2D eigenvalue weighted by molar-refractivity contribution is 0.335. The summed E-state index contributed by atoms with van der Waals surface area (Å²) in [7, 11) is 0. The number of furan rings is 1. The second-order valence-corrected chi connectivity index (χ2v) is 67.7. The van der Waals surface area contributed by atoms with Crippen LogP contribution < -0.4 is 0 Å². The van der Waals surface area contributed by atoms with Crippen molar-refractivity contribution in [2.24, 2.45) is 5.92 Å². The molecular weight excluding hydrogens is 1990 g/mol. The summed E-state index contributed by atoms with van der Waals surface area (Å²) in [5.41, 5.74) is 10.7. The molecule has 834 valence electrons. The fourth-order valence-corrected chi connectivity index (χ4v) is 18.1. The average Bonchev–Trinajstić information content (AvgIpc) is 1.66. The molecule has 0 atom stereocenters. The number of aromatic nitrogens is 13. The van der Waals surface area contributed by atoms with Crippen LogP contribution in [-0.2, 0) is 114 Å².